The zero-order chi connectivity index (χ0) is 14.9. The first-order valence-corrected chi connectivity index (χ1v) is 9.88. The maximum atomic E-state index is 12.8. The van der Waals surface area contributed by atoms with Crippen molar-refractivity contribution in [3.05, 3.63) is 35.4 Å². The van der Waals surface area contributed by atoms with Crippen LogP contribution in [-0.4, -0.2) is 25.3 Å². The van der Waals surface area contributed by atoms with Crippen LogP contribution in [0.3, 0.4) is 0 Å². The predicted octanol–water partition coefficient (Wildman–Crippen LogP) is 3.52. The van der Waals surface area contributed by atoms with Crippen LogP contribution in [0.2, 0.25) is 0 Å². The number of sulfonamides is 1. The summed E-state index contributed by atoms with van der Waals surface area (Å²) in [5.41, 5.74) is 1.87. The van der Waals surface area contributed by atoms with E-state index in [1.54, 1.807) is 4.31 Å². The third-order valence-electron chi connectivity index (χ3n) is 4.83. The number of nitrogens with zero attached hydrogens (tertiary/aromatic N) is 1. The Hall–Kier alpha value is -0.580. The largest absolute Gasteiger partial charge is 0.218 e. The fourth-order valence-electron chi connectivity index (χ4n) is 3.77. The molecule has 5 heteroatoms. The molecular formula is C16H22ClNO2S. The lowest BCUT2D eigenvalue weighted by Crippen LogP contribution is -2.46. The molecule has 116 valence electrons. The van der Waals surface area contributed by atoms with Gasteiger partial charge in [-0.15, -0.1) is 11.6 Å². The van der Waals surface area contributed by atoms with Gasteiger partial charge in [-0.3, -0.25) is 0 Å². The molecule has 0 spiro atoms. The number of hydrogen-bond acceptors (Lipinski definition) is 2. The smallest absolute Gasteiger partial charge is 0.212 e. The number of piperidine rings is 1. The fourth-order valence-corrected chi connectivity index (χ4v) is 5.83. The molecule has 0 bridgehead atoms. The molecule has 0 aromatic heterocycles. The molecule has 1 aromatic rings. The van der Waals surface area contributed by atoms with E-state index >= 15 is 0 Å². The first-order chi connectivity index (χ1) is 10.1. The minimum absolute atomic E-state index is 0.110. The summed E-state index contributed by atoms with van der Waals surface area (Å²) in [7, 11) is -3.21. The lowest BCUT2D eigenvalue weighted by molar-refractivity contribution is 0.202. The van der Waals surface area contributed by atoms with Crippen LogP contribution in [0.15, 0.2) is 24.3 Å². The molecule has 3 rings (SSSR count). The summed E-state index contributed by atoms with van der Waals surface area (Å²) in [6, 6.07) is 7.83. The Bertz CT molecular complexity index is 585. The van der Waals surface area contributed by atoms with E-state index in [9.17, 15) is 8.42 Å². The zero-order valence-electron chi connectivity index (χ0n) is 12.2. The van der Waals surface area contributed by atoms with Crippen LogP contribution in [-0.2, 0) is 21.7 Å². The number of alkyl halides is 1. The molecule has 2 unspecified atom stereocenters. The monoisotopic (exact) mass is 327 g/mol. The van der Waals surface area contributed by atoms with Crippen LogP contribution in [0, 0.1) is 5.92 Å². The van der Waals surface area contributed by atoms with E-state index < -0.39 is 10.0 Å². The first-order valence-electron chi connectivity index (χ1n) is 7.73. The van der Waals surface area contributed by atoms with Crippen molar-refractivity contribution >= 4 is 21.6 Å². The van der Waals surface area contributed by atoms with Crippen molar-refractivity contribution in [3.63, 3.8) is 0 Å². The molecule has 0 N–H and O–H groups in total. The Labute approximate surface area is 132 Å². The second-order valence-electron chi connectivity index (χ2n) is 6.22. The number of fused-ring (bicyclic) bond motifs is 1. The van der Waals surface area contributed by atoms with Crippen LogP contribution >= 0.6 is 11.6 Å². The van der Waals surface area contributed by atoms with Crippen LogP contribution in [0.4, 0.5) is 0 Å². The average molecular weight is 328 g/mol. The predicted molar refractivity (Wildman–Crippen MR) is 85.7 cm³/mol. The summed E-state index contributed by atoms with van der Waals surface area (Å²) in [6.07, 6.45) is 5.61. The van der Waals surface area contributed by atoms with E-state index in [0.717, 1.165) is 24.0 Å². The second kappa shape index (κ2) is 6.27. The molecule has 1 heterocycles. The molecule has 1 saturated carbocycles. The standard InChI is InChI=1S/C16H22ClNO2S/c17-11-13-6-8-14(9-7-13)12-21(19,20)18-10-2-4-15-3-1-5-16(15)18/h6-9,15-16H,1-5,10-12H2. The van der Waals surface area contributed by atoms with Crippen LogP contribution < -0.4 is 0 Å². The molecule has 0 amide bonds. The molecule has 21 heavy (non-hydrogen) atoms. The summed E-state index contributed by atoms with van der Waals surface area (Å²) >= 11 is 5.77. The fraction of sp³-hybridized carbons (Fsp3) is 0.625. The van der Waals surface area contributed by atoms with E-state index in [1.807, 2.05) is 24.3 Å². The highest BCUT2D eigenvalue weighted by atomic mass is 35.5. The summed E-state index contributed by atoms with van der Waals surface area (Å²) < 4.78 is 27.3. The lowest BCUT2D eigenvalue weighted by Gasteiger charge is -2.36. The molecule has 1 aliphatic heterocycles. The number of rotatable bonds is 4. The Morgan fingerprint density at radius 1 is 1.05 bits per heavy atom. The molecule has 2 fully saturated rings. The van der Waals surface area contributed by atoms with E-state index in [-0.39, 0.29) is 11.8 Å². The van der Waals surface area contributed by atoms with Gasteiger partial charge in [-0.1, -0.05) is 30.7 Å². The van der Waals surface area contributed by atoms with Crippen LogP contribution in [0.1, 0.15) is 43.2 Å². The maximum absolute atomic E-state index is 12.8. The molecule has 0 radical (unpaired) electrons. The van der Waals surface area contributed by atoms with Gasteiger partial charge >= 0.3 is 0 Å². The second-order valence-corrected chi connectivity index (χ2v) is 8.41. The lowest BCUT2D eigenvalue weighted by atomic mass is 9.94. The maximum Gasteiger partial charge on any atom is 0.218 e. The van der Waals surface area contributed by atoms with Gasteiger partial charge in [0.1, 0.15) is 0 Å². The van der Waals surface area contributed by atoms with E-state index in [1.165, 1.54) is 19.3 Å². The average Bonchev–Trinajstić information content (AvgIpc) is 2.95. The van der Waals surface area contributed by atoms with Crippen molar-refractivity contribution in [2.45, 2.75) is 49.8 Å². The molecule has 2 atom stereocenters. The Morgan fingerprint density at radius 3 is 2.43 bits per heavy atom. The number of benzene rings is 1. The molecule has 1 saturated heterocycles. The van der Waals surface area contributed by atoms with Gasteiger partial charge in [0.15, 0.2) is 0 Å². The molecular weight excluding hydrogens is 306 g/mol. The summed E-state index contributed by atoms with van der Waals surface area (Å²) in [5, 5.41) is 0. The van der Waals surface area contributed by atoms with Gasteiger partial charge in [-0.2, -0.15) is 4.31 Å². The minimum Gasteiger partial charge on any atom is -0.212 e. The highest BCUT2D eigenvalue weighted by Crippen LogP contribution is 2.38. The van der Waals surface area contributed by atoms with Gasteiger partial charge in [0, 0.05) is 18.5 Å². The van der Waals surface area contributed by atoms with Gasteiger partial charge in [-0.25, -0.2) is 8.42 Å². The first kappa shape index (κ1) is 15.3. The summed E-state index contributed by atoms with van der Waals surface area (Å²) in [6.45, 7) is 0.698. The van der Waals surface area contributed by atoms with Gasteiger partial charge < -0.3 is 0 Å². The van der Waals surface area contributed by atoms with Crippen molar-refractivity contribution < 1.29 is 8.42 Å². The van der Waals surface area contributed by atoms with Gasteiger partial charge in [0.2, 0.25) is 10.0 Å². The number of hydrogen-bond donors (Lipinski definition) is 0. The van der Waals surface area contributed by atoms with Crippen molar-refractivity contribution in [2.24, 2.45) is 5.92 Å². The van der Waals surface area contributed by atoms with Crippen molar-refractivity contribution in [3.8, 4) is 0 Å². The Balaban J connectivity index is 1.76. The highest BCUT2D eigenvalue weighted by molar-refractivity contribution is 7.88. The zero-order valence-corrected chi connectivity index (χ0v) is 13.7. The van der Waals surface area contributed by atoms with Gasteiger partial charge in [0.05, 0.1) is 5.75 Å². The van der Waals surface area contributed by atoms with Gasteiger partial charge in [0.25, 0.3) is 0 Å². The van der Waals surface area contributed by atoms with Gasteiger partial charge in [-0.05, 0) is 42.7 Å². The highest BCUT2D eigenvalue weighted by Gasteiger charge is 2.40. The van der Waals surface area contributed by atoms with Crippen LogP contribution in [0.5, 0.6) is 0 Å². The molecule has 1 aromatic carbocycles. The van der Waals surface area contributed by atoms with Crippen molar-refractivity contribution in [2.75, 3.05) is 6.54 Å². The number of halogens is 1. The van der Waals surface area contributed by atoms with E-state index in [0.29, 0.717) is 18.3 Å². The SMILES string of the molecule is O=S(=O)(Cc1ccc(CCl)cc1)N1CCCC2CCCC21. The minimum atomic E-state index is -3.21. The summed E-state index contributed by atoms with van der Waals surface area (Å²) in [5.74, 6) is 1.16. The van der Waals surface area contributed by atoms with E-state index in [4.69, 9.17) is 11.6 Å². The molecule has 2 aliphatic rings. The Morgan fingerprint density at radius 2 is 1.71 bits per heavy atom. The molecule has 1 aliphatic carbocycles. The Kier molecular flexibility index (Phi) is 4.57. The molecule has 3 nitrogen and oxygen atoms in total. The third-order valence-corrected chi connectivity index (χ3v) is 7.00. The van der Waals surface area contributed by atoms with Crippen LogP contribution in [0.25, 0.3) is 0 Å². The van der Waals surface area contributed by atoms with Crippen molar-refractivity contribution in [1.29, 1.82) is 0 Å². The summed E-state index contributed by atoms with van der Waals surface area (Å²) in [4.78, 5) is 0. The van der Waals surface area contributed by atoms with Crippen molar-refractivity contribution in [1.82, 2.24) is 4.31 Å². The normalized spacial score (nSPS) is 26.7. The van der Waals surface area contributed by atoms with E-state index in [2.05, 4.69) is 0 Å². The quantitative estimate of drug-likeness (QED) is 0.793. The third kappa shape index (κ3) is 3.27. The topological polar surface area (TPSA) is 37.4 Å².